The zero-order valence-electron chi connectivity index (χ0n) is 10.6. The number of aromatic nitrogens is 1. The number of carboxylic acids is 1. The van der Waals surface area contributed by atoms with Crippen molar-refractivity contribution in [2.45, 2.75) is 26.2 Å². The average molecular weight is 261 g/mol. The van der Waals surface area contributed by atoms with E-state index in [0.29, 0.717) is 0 Å². The highest BCUT2D eigenvalue weighted by molar-refractivity contribution is 7.19. The maximum atomic E-state index is 10.5. The van der Waals surface area contributed by atoms with Crippen molar-refractivity contribution in [2.24, 2.45) is 0 Å². The summed E-state index contributed by atoms with van der Waals surface area (Å²) >= 11 is 1.51. The molecule has 2 aromatic rings. The molecule has 0 amide bonds. The van der Waals surface area contributed by atoms with Crippen LogP contribution in [0.3, 0.4) is 0 Å². The maximum absolute atomic E-state index is 10.5. The van der Waals surface area contributed by atoms with Crippen LogP contribution >= 0.6 is 11.3 Å². The summed E-state index contributed by atoms with van der Waals surface area (Å²) in [6, 6.07) is 6.11. The number of benzene rings is 1. The highest BCUT2D eigenvalue weighted by atomic mass is 32.1. The first-order valence-corrected chi connectivity index (χ1v) is 6.50. The minimum atomic E-state index is -0.953. The van der Waals surface area contributed by atoms with Gasteiger partial charge in [-0.15, -0.1) is 11.3 Å². The van der Waals surface area contributed by atoms with E-state index in [1.165, 1.54) is 16.9 Å². The van der Waals surface area contributed by atoms with E-state index < -0.39 is 5.97 Å². The molecule has 0 aliphatic carbocycles. The molecule has 3 nitrogen and oxygen atoms in total. The number of rotatable bonds is 2. The van der Waals surface area contributed by atoms with Gasteiger partial charge >= 0.3 is 5.97 Å². The lowest BCUT2D eigenvalue weighted by Gasteiger charge is -2.19. The van der Waals surface area contributed by atoms with Crippen molar-refractivity contribution in [1.82, 2.24) is 4.98 Å². The van der Waals surface area contributed by atoms with Gasteiger partial charge in [0.05, 0.1) is 10.2 Å². The van der Waals surface area contributed by atoms with Gasteiger partial charge in [-0.25, -0.2) is 9.78 Å². The Morgan fingerprint density at radius 3 is 2.72 bits per heavy atom. The van der Waals surface area contributed by atoms with E-state index >= 15 is 0 Å². The van der Waals surface area contributed by atoms with Gasteiger partial charge in [-0.05, 0) is 23.1 Å². The van der Waals surface area contributed by atoms with Crippen LogP contribution in [0.25, 0.3) is 16.3 Å². The number of hydrogen-bond acceptors (Lipinski definition) is 3. The van der Waals surface area contributed by atoms with Crippen LogP contribution in [0.1, 0.15) is 31.3 Å². The predicted molar refractivity (Wildman–Crippen MR) is 75.0 cm³/mol. The largest absolute Gasteiger partial charge is 0.478 e. The van der Waals surface area contributed by atoms with Crippen LogP contribution in [0, 0.1) is 0 Å². The van der Waals surface area contributed by atoms with E-state index in [4.69, 9.17) is 5.11 Å². The second kappa shape index (κ2) is 4.53. The molecule has 0 atom stereocenters. The molecule has 18 heavy (non-hydrogen) atoms. The smallest absolute Gasteiger partial charge is 0.328 e. The predicted octanol–water partition coefficient (Wildman–Crippen LogP) is 3.69. The Morgan fingerprint density at radius 1 is 1.39 bits per heavy atom. The number of para-hydroxylation sites is 1. The lowest BCUT2D eigenvalue weighted by Crippen LogP contribution is -2.11. The van der Waals surface area contributed by atoms with E-state index in [0.717, 1.165) is 21.3 Å². The molecule has 1 aromatic heterocycles. The topological polar surface area (TPSA) is 50.2 Å². The molecule has 0 saturated heterocycles. The highest BCUT2D eigenvalue weighted by Crippen LogP contribution is 2.32. The van der Waals surface area contributed by atoms with Gasteiger partial charge in [0.25, 0.3) is 0 Å². The van der Waals surface area contributed by atoms with Crippen LogP contribution in [0.2, 0.25) is 0 Å². The number of hydrogen-bond donors (Lipinski definition) is 1. The number of aliphatic carboxylic acids is 1. The molecule has 0 fully saturated rings. The van der Waals surface area contributed by atoms with Crippen molar-refractivity contribution in [3.63, 3.8) is 0 Å². The monoisotopic (exact) mass is 261 g/mol. The van der Waals surface area contributed by atoms with Crippen LogP contribution in [-0.4, -0.2) is 16.1 Å². The van der Waals surface area contributed by atoms with Gasteiger partial charge in [-0.1, -0.05) is 32.9 Å². The zero-order chi connectivity index (χ0) is 13.3. The summed E-state index contributed by atoms with van der Waals surface area (Å²) in [5, 5.41) is 9.35. The summed E-state index contributed by atoms with van der Waals surface area (Å²) in [5.74, 6) is -0.953. The van der Waals surface area contributed by atoms with Crippen LogP contribution in [0.4, 0.5) is 0 Å². The first kappa shape index (κ1) is 12.8. The Bertz CT molecular complexity index is 620. The van der Waals surface area contributed by atoms with E-state index in [9.17, 15) is 4.79 Å². The average Bonchev–Trinajstić information content (AvgIpc) is 2.66. The quantitative estimate of drug-likeness (QED) is 0.839. The maximum Gasteiger partial charge on any atom is 0.328 e. The van der Waals surface area contributed by atoms with E-state index in [1.807, 2.05) is 12.1 Å². The van der Waals surface area contributed by atoms with Crippen molar-refractivity contribution < 1.29 is 9.90 Å². The summed E-state index contributed by atoms with van der Waals surface area (Å²) in [6.45, 7) is 6.44. The van der Waals surface area contributed by atoms with E-state index in [1.54, 1.807) is 6.08 Å². The number of fused-ring (bicyclic) bond motifs is 1. The lowest BCUT2D eigenvalue weighted by molar-refractivity contribution is -0.131. The molecule has 1 N–H and O–H groups in total. The molecular weight excluding hydrogens is 246 g/mol. The van der Waals surface area contributed by atoms with E-state index in [2.05, 4.69) is 31.8 Å². The van der Waals surface area contributed by atoms with Crippen LogP contribution in [0.15, 0.2) is 24.3 Å². The highest BCUT2D eigenvalue weighted by Gasteiger charge is 2.18. The Morgan fingerprint density at radius 2 is 2.11 bits per heavy atom. The summed E-state index contributed by atoms with van der Waals surface area (Å²) in [7, 11) is 0. The molecular formula is C14H15NO2S. The third-order valence-electron chi connectivity index (χ3n) is 2.61. The summed E-state index contributed by atoms with van der Waals surface area (Å²) < 4.78 is 1.09. The fourth-order valence-corrected chi connectivity index (χ4v) is 2.68. The molecule has 0 saturated carbocycles. The van der Waals surface area contributed by atoms with Crippen molar-refractivity contribution in [3.05, 3.63) is 34.8 Å². The van der Waals surface area contributed by atoms with Crippen LogP contribution in [0.5, 0.6) is 0 Å². The van der Waals surface area contributed by atoms with Gasteiger partial charge in [0.1, 0.15) is 5.01 Å². The van der Waals surface area contributed by atoms with Crippen molar-refractivity contribution in [1.29, 1.82) is 0 Å². The van der Waals surface area contributed by atoms with Gasteiger partial charge in [0.15, 0.2) is 0 Å². The molecule has 4 heteroatoms. The molecule has 2 rings (SSSR count). The van der Waals surface area contributed by atoms with Gasteiger partial charge < -0.3 is 5.11 Å². The van der Waals surface area contributed by atoms with Gasteiger partial charge in [0.2, 0.25) is 0 Å². The molecule has 0 aliphatic rings. The number of carboxylic acid groups (broad SMARTS) is 1. The SMILES string of the molecule is CC(C)(C)c1cccc2sc(/C=C/C(=O)O)nc12. The van der Waals surface area contributed by atoms with Crippen molar-refractivity contribution >= 4 is 33.6 Å². The third kappa shape index (κ3) is 2.59. The van der Waals surface area contributed by atoms with Crippen molar-refractivity contribution in [2.75, 3.05) is 0 Å². The lowest BCUT2D eigenvalue weighted by atomic mass is 9.86. The normalized spacial score (nSPS) is 12.4. The summed E-state index contributed by atoms with van der Waals surface area (Å²) in [6.07, 6.45) is 2.66. The number of thiazole rings is 1. The Labute approximate surface area is 110 Å². The summed E-state index contributed by atoms with van der Waals surface area (Å²) in [4.78, 5) is 15.0. The molecule has 0 bridgehead atoms. The molecule has 0 aliphatic heterocycles. The fraction of sp³-hybridized carbons (Fsp3) is 0.286. The second-order valence-corrected chi connectivity index (χ2v) is 6.19. The standard InChI is InChI=1S/C14H15NO2S/c1-14(2,3)9-5-4-6-10-13(9)15-11(18-10)7-8-12(16)17/h4-8H,1-3H3,(H,16,17)/b8-7+. The van der Waals surface area contributed by atoms with Gasteiger partial charge in [0, 0.05) is 6.08 Å². The molecule has 1 heterocycles. The fourth-order valence-electron chi connectivity index (χ4n) is 1.78. The van der Waals surface area contributed by atoms with Crippen LogP contribution < -0.4 is 0 Å². The molecule has 0 radical (unpaired) electrons. The summed E-state index contributed by atoms with van der Waals surface area (Å²) in [5.41, 5.74) is 2.19. The number of nitrogens with zero attached hydrogens (tertiary/aromatic N) is 1. The first-order chi connectivity index (χ1) is 8.38. The first-order valence-electron chi connectivity index (χ1n) is 5.69. The van der Waals surface area contributed by atoms with Crippen LogP contribution in [-0.2, 0) is 10.2 Å². The molecule has 1 aromatic carbocycles. The molecule has 0 spiro atoms. The van der Waals surface area contributed by atoms with Gasteiger partial charge in [-0.2, -0.15) is 0 Å². The second-order valence-electron chi connectivity index (χ2n) is 5.13. The molecule has 94 valence electrons. The third-order valence-corrected chi connectivity index (χ3v) is 3.60. The molecule has 0 unspecified atom stereocenters. The zero-order valence-corrected chi connectivity index (χ0v) is 11.4. The Hall–Kier alpha value is -1.68. The Balaban J connectivity index is 2.55. The van der Waals surface area contributed by atoms with E-state index in [-0.39, 0.29) is 5.41 Å². The minimum Gasteiger partial charge on any atom is -0.478 e. The van der Waals surface area contributed by atoms with Crippen molar-refractivity contribution in [3.8, 4) is 0 Å². The minimum absolute atomic E-state index is 0.0291. The number of carbonyl (C=O) groups is 1. The Kier molecular flexibility index (Phi) is 3.22. The van der Waals surface area contributed by atoms with Gasteiger partial charge in [-0.3, -0.25) is 0 Å².